The summed E-state index contributed by atoms with van der Waals surface area (Å²) in [7, 11) is 0. The zero-order valence-electron chi connectivity index (χ0n) is 29.2. The highest BCUT2D eigenvalue weighted by molar-refractivity contribution is 5.84. The fraction of sp³-hybridized carbons (Fsp3) is 0. The summed E-state index contributed by atoms with van der Waals surface area (Å²) in [6.07, 6.45) is 1.90. The molecule has 0 spiro atoms. The zero-order valence-corrected chi connectivity index (χ0v) is 29.2. The number of aromatic nitrogens is 6. The van der Waals surface area contributed by atoms with Gasteiger partial charge in [0.2, 0.25) is 0 Å². The van der Waals surface area contributed by atoms with Crippen LogP contribution >= 0.6 is 0 Å². The molecule has 0 N–H and O–H groups in total. The highest BCUT2D eigenvalue weighted by atomic mass is 15.0. The Morgan fingerprint density at radius 3 is 1.24 bits per heavy atom. The van der Waals surface area contributed by atoms with Crippen LogP contribution < -0.4 is 0 Å². The highest BCUT2D eigenvalue weighted by Crippen LogP contribution is 2.34. The Labute approximate surface area is 313 Å². The monoisotopic (exact) mass is 692 g/mol. The van der Waals surface area contributed by atoms with Crippen LogP contribution in [-0.4, -0.2) is 29.9 Å². The molecule has 0 aliphatic rings. The van der Waals surface area contributed by atoms with E-state index in [9.17, 15) is 0 Å². The van der Waals surface area contributed by atoms with E-state index in [4.69, 9.17) is 29.9 Å². The maximum absolute atomic E-state index is 5.08. The first-order chi connectivity index (χ1) is 26.7. The van der Waals surface area contributed by atoms with Crippen LogP contribution in [0.3, 0.4) is 0 Å². The first-order valence-electron chi connectivity index (χ1n) is 17.8. The van der Waals surface area contributed by atoms with Crippen molar-refractivity contribution in [2.45, 2.75) is 0 Å². The third-order valence-corrected chi connectivity index (χ3v) is 9.23. The van der Waals surface area contributed by atoms with Gasteiger partial charge >= 0.3 is 0 Å². The standard InChI is InChI=1S/C48H32N6/c1-5-16-33(17-6-1)40-26-13-14-27-41(40)43-31-44(51-45(50-43)34-18-7-2-8-19-34)42-29-28-39(32-49-42)37-24-15-25-38(30-37)48-53-46(35-20-9-3-10-21-35)52-47(54-48)36-22-11-4-12-23-36/h1-32H. The van der Waals surface area contributed by atoms with Gasteiger partial charge < -0.3 is 0 Å². The van der Waals surface area contributed by atoms with Gasteiger partial charge in [-0.1, -0.05) is 170 Å². The van der Waals surface area contributed by atoms with E-state index >= 15 is 0 Å². The van der Waals surface area contributed by atoms with Crippen LogP contribution in [0, 0.1) is 0 Å². The average molecular weight is 693 g/mol. The van der Waals surface area contributed by atoms with Gasteiger partial charge in [0.1, 0.15) is 0 Å². The van der Waals surface area contributed by atoms with Crippen LogP contribution in [0.25, 0.3) is 90.5 Å². The third kappa shape index (κ3) is 6.79. The molecule has 6 heteroatoms. The molecule has 54 heavy (non-hydrogen) atoms. The molecular weight excluding hydrogens is 661 g/mol. The lowest BCUT2D eigenvalue weighted by molar-refractivity contribution is 1.07. The van der Waals surface area contributed by atoms with Crippen molar-refractivity contribution in [1.29, 1.82) is 0 Å². The van der Waals surface area contributed by atoms with Gasteiger partial charge in [-0.05, 0) is 34.9 Å². The van der Waals surface area contributed by atoms with Gasteiger partial charge in [-0.3, -0.25) is 4.98 Å². The van der Waals surface area contributed by atoms with E-state index < -0.39 is 0 Å². The van der Waals surface area contributed by atoms with Crippen molar-refractivity contribution in [2.75, 3.05) is 0 Å². The molecule has 254 valence electrons. The van der Waals surface area contributed by atoms with Crippen LogP contribution in [0.1, 0.15) is 0 Å². The van der Waals surface area contributed by atoms with Crippen LogP contribution in [0.2, 0.25) is 0 Å². The van der Waals surface area contributed by atoms with E-state index in [2.05, 4.69) is 66.7 Å². The van der Waals surface area contributed by atoms with Crippen LogP contribution in [0.5, 0.6) is 0 Å². The number of rotatable bonds is 8. The van der Waals surface area contributed by atoms with Gasteiger partial charge in [0.05, 0.1) is 17.1 Å². The minimum Gasteiger partial charge on any atom is -0.254 e. The van der Waals surface area contributed by atoms with Crippen molar-refractivity contribution >= 4 is 0 Å². The molecule has 0 saturated heterocycles. The number of nitrogens with zero attached hydrogens (tertiary/aromatic N) is 6. The maximum Gasteiger partial charge on any atom is 0.164 e. The Balaban J connectivity index is 1.09. The van der Waals surface area contributed by atoms with E-state index in [0.717, 1.165) is 67.2 Å². The minimum atomic E-state index is 0.604. The second-order valence-electron chi connectivity index (χ2n) is 12.8. The molecule has 3 aromatic heterocycles. The molecule has 9 rings (SSSR count). The summed E-state index contributed by atoms with van der Waals surface area (Å²) < 4.78 is 0. The van der Waals surface area contributed by atoms with Gasteiger partial charge in [0, 0.05) is 39.6 Å². The van der Waals surface area contributed by atoms with E-state index in [1.165, 1.54) is 0 Å². The van der Waals surface area contributed by atoms with Crippen molar-refractivity contribution in [1.82, 2.24) is 29.9 Å². The molecule has 3 heterocycles. The molecule has 0 radical (unpaired) electrons. The predicted molar refractivity (Wildman–Crippen MR) is 217 cm³/mol. The minimum absolute atomic E-state index is 0.604. The van der Waals surface area contributed by atoms with E-state index in [0.29, 0.717) is 23.3 Å². The Hall–Kier alpha value is -7.44. The van der Waals surface area contributed by atoms with Crippen molar-refractivity contribution in [2.24, 2.45) is 0 Å². The summed E-state index contributed by atoms with van der Waals surface area (Å²) in [4.78, 5) is 29.8. The zero-order chi connectivity index (χ0) is 36.1. The Bertz CT molecular complexity index is 2630. The fourth-order valence-electron chi connectivity index (χ4n) is 6.50. The molecule has 0 fully saturated rings. The smallest absolute Gasteiger partial charge is 0.164 e. The second kappa shape index (κ2) is 14.7. The van der Waals surface area contributed by atoms with E-state index in [-0.39, 0.29) is 0 Å². The topological polar surface area (TPSA) is 77.3 Å². The molecule has 0 aliphatic heterocycles. The number of hydrogen-bond acceptors (Lipinski definition) is 6. The summed E-state index contributed by atoms with van der Waals surface area (Å²) in [6.45, 7) is 0. The Morgan fingerprint density at radius 1 is 0.241 bits per heavy atom. The van der Waals surface area contributed by atoms with Gasteiger partial charge in [-0.25, -0.2) is 24.9 Å². The normalized spacial score (nSPS) is 11.0. The van der Waals surface area contributed by atoms with Crippen LogP contribution in [-0.2, 0) is 0 Å². The van der Waals surface area contributed by atoms with Gasteiger partial charge in [-0.15, -0.1) is 0 Å². The molecule has 0 saturated carbocycles. The lowest BCUT2D eigenvalue weighted by atomic mass is 9.97. The predicted octanol–water partition coefficient (Wildman–Crippen LogP) is 11.4. The quantitative estimate of drug-likeness (QED) is 0.158. The maximum atomic E-state index is 5.08. The SMILES string of the molecule is c1ccc(-c2nc(-c3ccc(-c4cccc(-c5nc(-c6ccccc6)nc(-c6ccccc6)n5)c4)cn3)cc(-c3ccccc3-c3ccccc3)n2)cc1. The van der Waals surface area contributed by atoms with Crippen molar-refractivity contribution in [3.8, 4) is 90.5 Å². The molecule has 0 aliphatic carbocycles. The first kappa shape index (κ1) is 32.5. The summed E-state index contributed by atoms with van der Waals surface area (Å²) in [5.41, 5.74) is 11.3. The van der Waals surface area contributed by atoms with E-state index in [1.807, 2.05) is 128 Å². The fourth-order valence-corrected chi connectivity index (χ4v) is 6.50. The second-order valence-corrected chi connectivity index (χ2v) is 12.8. The van der Waals surface area contributed by atoms with Crippen molar-refractivity contribution < 1.29 is 0 Å². The molecule has 9 aromatic rings. The molecule has 0 atom stereocenters. The van der Waals surface area contributed by atoms with E-state index in [1.54, 1.807) is 0 Å². The lowest BCUT2D eigenvalue weighted by Gasteiger charge is -2.13. The van der Waals surface area contributed by atoms with Gasteiger partial charge in [0.15, 0.2) is 23.3 Å². The number of hydrogen-bond donors (Lipinski definition) is 0. The Morgan fingerprint density at radius 2 is 0.685 bits per heavy atom. The van der Waals surface area contributed by atoms with Gasteiger partial charge in [0.25, 0.3) is 0 Å². The van der Waals surface area contributed by atoms with Crippen LogP contribution in [0.15, 0.2) is 194 Å². The summed E-state index contributed by atoms with van der Waals surface area (Å²) >= 11 is 0. The molecule has 6 aromatic carbocycles. The molecule has 0 bridgehead atoms. The lowest BCUT2D eigenvalue weighted by Crippen LogP contribution is -2.00. The molecular formula is C48H32N6. The first-order valence-corrected chi connectivity index (χ1v) is 17.8. The summed E-state index contributed by atoms with van der Waals surface area (Å²) in [6, 6.07) is 63.2. The average Bonchev–Trinajstić information content (AvgIpc) is 3.27. The van der Waals surface area contributed by atoms with Crippen molar-refractivity contribution in [3.63, 3.8) is 0 Å². The number of benzene rings is 6. The summed E-state index contributed by atoms with van der Waals surface area (Å²) in [5.74, 6) is 2.50. The Kier molecular flexibility index (Phi) is 8.81. The largest absolute Gasteiger partial charge is 0.254 e. The molecule has 0 amide bonds. The van der Waals surface area contributed by atoms with Crippen molar-refractivity contribution in [3.05, 3.63) is 194 Å². The summed E-state index contributed by atoms with van der Waals surface area (Å²) in [5, 5.41) is 0. The van der Waals surface area contributed by atoms with Gasteiger partial charge in [-0.2, -0.15) is 0 Å². The third-order valence-electron chi connectivity index (χ3n) is 9.23. The van der Waals surface area contributed by atoms with Crippen LogP contribution in [0.4, 0.5) is 0 Å². The molecule has 0 unspecified atom stereocenters. The molecule has 6 nitrogen and oxygen atoms in total. The highest BCUT2D eigenvalue weighted by Gasteiger charge is 2.16. The number of pyridine rings is 1.